The van der Waals surface area contributed by atoms with E-state index >= 15 is 0 Å². The second-order valence-electron chi connectivity index (χ2n) is 7.39. The summed E-state index contributed by atoms with van der Waals surface area (Å²) in [6.45, 7) is 12.8. The SMILES string of the molecule is CCCNC(=O)OC[C@]12CO[C@H](CCC)[C@@H](C(C)=C[C@H]1C)[C@H]2C. The summed E-state index contributed by atoms with van der Waals surface area (Å²) < 4.78 is 11.8. The molecule has 132 valence electrons. The number of fused-ring (bicyclic) bond motifs is 2. The highest BCUT2D eigenvalue weighted by Gasteiger charge is 2.53. The third-order valence-corrected chi connectivity index (χ3v) is 5.92. The Bertz CT molecular complexity index is 448. The van der Waals surface area contributed by atoms with E-state index in [-0.39, 0.29) is 11.5 Å². The van der Waals surface area contributed by atoms with Crippen LogP contribution in [0.25, 0.3) is 0 Å². The lowest BCUT2D eigenvalue weighted by Crippen LogP contribution is -2.57. The van der Waals surface area contributed by atoms with Crippen molar-refractivity contribution in [1.29, 1.82) is 0 Å². The van der Waals surface area contributed by atoms with Crippen molar-refractivity contribution in [2.75, 3.05) is 19.8 Å². The molecule has 2 bridgehead atoms. The molecule has 0 radical (unpaired) electrons. The van der Waals surface area contributed by atoms with Crippen LogP contribution >= 0.6 is 0 Å². The third-order valence-electron chi connectivity index (χ3n) is 5.92. The summed E-state index contributed by atoms with van der Waals surface area (Å²) in [6.07, 6.45) is 5.53. The van der Waals surface area contributed by atoms with Crippen LogP contribution in [0.1, 0.15) is 53.9 Å². The highest BCUT2D eigenvalue weighted by atomic mass is 16.6. The van der Waals surface area contributed by atoms with Crippen LogP contribution in [0.4, 0.5) is 4.79 Å². The van der Waals surface area contributed by atoms with Crippen LogP contribution < -0.4 is 5.32 Å². The molecule has 4 nitrogen and oxygen atoms in total. The summed E-state index contributed by atoms with van der Waals surface area (Å²) in [7, 11) is 0. The topological polar surface area (TPSA) is 47.6 Å². The molecule has 5 atom stereocenters. The molecule has 1 saturated heterocycles. The molecular formula is C19H33NO3. The van der Waals surface area contributed by atoms with E-state index in [1.165, 1.54) is 5.57 Å². The van der Waals surface area contributed by atoms with Crippen molar-refractivity contribution < 1.29 is 14.3 Å². The number of nitrogens with one attached hydrogen (secondary N) is 1. The van der Waals surface area contributed by atoms with E-state index in [1.54, 1.807) is 0 Å². The van der Waals surface area contributed by atoms with Gasteiger partial charge in [-0.3, -0.25) is 0 Å². The van der Waals surface area contributed by atoms with Gasteiger partial charge in [0.25, 0.3) is 0 Å². The maximum atomic E-state index is 11.9. The van der Waals surface area contributed by atoms with Gasteiger partial charge in [0.15, 0.2) is 0 Å². The van der Waals surface area contributed by atoms with Gasteiger partial charge in [-0.15, -0.1) is 0 Å². The summed E-state index contributed by atoms with van der Waals surface area (Å²) in [5, 5.41) is 2.79. The van der Waals surface area contributed by atoms with Crippen LogP contribution in [0.5, 0.6) is 0 Å². The largest absolute Gasteiger partial charge is 0.449 e. The zero-order chi connectivity index (χ0) is 17.0. The van der Waals surface area contributed by atoms with Gasteiger partial charge in [0, 0.05) is 17.9 Å². The molecule has 2 rings (SSSR count). The average Bonchev–Trinajstić information content (AvgIpc) is 2.51. The van der Waals surface area contributed by atoms with Crippen LogP contribution in [-0.4, -0.2) is 32.0 Å². The molecule has 1 aliphatic carbocycles. The zero-order valence-corrected chi connectivity index (χ0v) is 15.4. The number of amides is 1. The van der Waals surface area contributed by atoms with E-state index in [1.807, 2.05) is 6.92 Å². The van der Waals surface area contributed by atoms with E-state index in [0.717, 1.165) is 19.3 Å². The predicted octanol–water partition coefficient (Wildman–Crippen LogP) is 4.16. The molecule has 1 N–H and O–H groups in total. The fraction of sp³-hybridized carbons (Fsp3) is 0.842. The minimum atomic E-state index is -0.306. The van der Waals surface area contributed by atoms with Crippen LogP contribution in [0.2, 0.25) is 0 Å². The lowest BCUT2D eigenvalue weighted by atomic mass is 9.56. The number of alkyl carbamates (subject to hydrolysis) is 1. The second-order valence-corrected chi connectivity index (χ2v) is 7.39. The van der Waals surface area contributed by atoms with E-state index < -0.39 is 0 Å². The lowest BCUT2D eigenvalue weighted by Gasteiger charge is -2.55. The Hall–Kier alpha value is -1.03. The average molecular weight is 323 g/mol. The first-order valence-corrected chi connectivity index (χ1v) is 9.16. The van der Waals surface area contributed by atoms with Gasteiger partial charge in [-0.1, -0.05) is 45.8 Å². The molecule has 1 fully saturated rings. The molecule has 23 heavy (non-hydrogen) atoms. The van der Waals surface area contributed by atoms with Crippen molar-refractivity contribution in [3.05, 3.63) is 11.6 Å². The van der Waals surface area contributed by atoms with Gasteiger partial charge in [0.05, 0.1) is 12.7 Å². The van der Waals surface area contributed by atoms with Crippen molar-refractivity contribution in [3.8, 4) is 0 Å². The van der Waals surface area contributed by atoms with E-state index in [0.29, 0.717) is 43.6 Å². The minimum absolute atomic E-state index is 0.0992. The molecule has 0 aromatic heterocycles. The summed E-state index contributed by atoms with van der Waals surface area (Å²) in [5.74, 6) is 1.27. The van der Waals surface area contributed by atoms with Gasteiger partial charge in [-0.2, -0.15) is 0 Å². The Morgan fingerprint density at radius 3 is 2.78 bits per heavy atom. The van der Waals surface area contributed by atoms with Crippen LogP contribution in [0, 0.1) is 23.2 Å². The molecule has 1 aliphatic heterocycles. The molecule has 1 amide bonds. The first-order chi connectivity index (χ1) is 11.0. The first-order valence-electron chi connectivity index (χ1n) is 9.16. The van der Waals surface area contributed by atoms with Gasteiger partial charge in [-0.25, -0.2) is 4.79 Å². The van der Waals surface area contributed by atoms with Gasteiger partial charge >= 0.3 is 6.09 Å². The fourth-order valence-corrected chi connectivity index (χ4v) is 4.41. The second kappa shape index (κ2) is 7.69. The number of carbonyl (C=O) groups excluding carboxylic acids is 1. The highest BCUT2D eigenvalue weighted by Crippen LogP contribution is 2.53. The zero-order valence-electron chi connectivity index (χ0n) is 15.4. The Morgan fingerprint density at radius 2 is 2.13 bits per heavy atom. The van der Waals surface area contributed by atoms with Crippen molar-refractivity contribution in [2.24, 2.45) is 23.2 Å². The third kappa shape index (κ3) is 3.57. The molecule has 0 aromatic carbocycles. The van der Waals surface area contributed by atoms with Crippen LogP contribution in [0.3, 0.4) is 0 Å². The molecule has 0 aromatic rings. The van der Waals surface area contributed by atoms with Crippen LogP contribution in [-0.2, 0) is 9.47 Å². The fourth-order valence-electron chi connectivity index (χ4n) is 4.41. The Labute approximate surface area is 141 Å². The number of hydrogen-bond donors (Lipinski definition) is 1. The van der Waals surface area contributed by atoms with E-state index in [2.05, 4.69) is 39.1 Å². The molecule has 4 heteroatoms. The molecule has 1 heterocycles. The molecule has 2 aliphatic rings. The van der Waals surface area contributed by atoms with Crippen molar-refractivity contribution in [1.82, 2.24) is 5.32 Å². The van der Waals surface area contributed by atoms with Gasteiger partial charge in [-0.05, 0) is 31.6 Å². The van der Waals surface area contributed by atoms with Crippen molar-refractivity contribution >= 4 is 6.09 Å². The molecule has 0 spiro atoms. The first kappa shape index (κ1) is 18.3. The number of carbonyl (C=O) groups is 1. The normalized spacial score (nSPS) is 36.3. The van der Waals surface area contributed by atoms with Crippen molar-refractivity contribution in [2.45, 2.75) is 60.0 Å². The van der Waals surface area contributed by atoms with E-state index in [4.69, 9.17) is 9.47 Å². The Balaban J connectivity index is 2.12. The smallest absolute Gasteiger partial charge is 0.407 e. The molecular weight excluding hydrogens is 290 g/mol. The van der Waals surface area contributed by atoms with Gasteiger partial charge in [0.2, 0.25) is 0 Å². The van der Waals surface area contributed by atoms with Crippen molar-refractivity contribution in [3.63, 3.8) is 0 Å². The highest BCUT2D eigenvalue weighted by molar-refractivity contribution is 5.67. The summed E-state index contributed by atoms with van der Waals surface area (Å²) in [6, 6.07) is 0. The number of ether oxygens (including phenoxy) is 2. The quantitative estimate of drug-likeness (QED) is 0.747. The standard InChI is InChI=1S/C19H33NO3/c1-6-8-16-17-13(3)10-14(4)19(11-22-16,15(17)5)12-23-18(21)20-9-7-2/h10,14-17H,6-9,11-12H2,1-5H3,(H,20,21)/t14-,15-,16-,17+,19-/m1/s1. The van der Waals surface area contributed by atoms with Crippen LogP contribution in [0.15, 0.2) is 11.6 Å². The van der Waals surface area contributed by atoms with Gasteiger partial charge < -0.3 is 14.8 Å². The molecule has 0 saturated carbocycles. The number of allylic oxidation sites excluding steroid dienone is 1. The maximum absolute atomic E-state index is 11.9. The number of rotatable bonds is 6. The monoisotopic (exact) mass is 323 g/mol. The Morgan fingerprint density at radius 1 is 1.39 bits per heavy atom. The summed E-state index contributed by atoms with van der Waals surface area (Å²) in [5.41, 5.74) is 1.34. The van der Waals surface area contributed by atoms with E-state index in [9.17, 15) is 4.79 Å². The summed E-state index contributed by atoms with van der Waals surface area (Å²) >= 11 is 0. The van der Waals surface area contributed by atoms with Gasteiger partial charge in [0.1, 0.15) is 6.61 Å². The molecule has 0 unspecified atom stereocenters. The summed E-state index contributed by atoms with van der Waals surface area (Å²) in [4.78, 5) is 11.9. The predicted molar refractivity (Wildman–Crippen MR) is 92.3 cm³/mol. The Kier molecular flexibility index (Phi) is 6.12. The number of hydrogen-bond acceptors (Lipinski definition) is 3. The maximum Gasteiger partial charge on any atom is 0.407 e. The lowest BCUT2D eigenvalue weighted by molar-refractivity contribution is -0.164. The minimum Gasteiger partial charge on any atom is -0.449 e.